The molecular formula is C31H42O17. The van der Waals surface area contributed by atoms with Crippen LogP contribution >= 0.6 is 0 Å². The number of phenols is 1. The Morgan fingerprint density at radius 1 is 0.875 bits per heavy atom. The molecule has 0 radical (unpaired) electrons. The highest BCUT2D eigenvalue weighted by Gasteiger charge is 2.49. The molecule has 0 aliphatic carbocycles. The van der Waals surface area contributed by atoms with Gasteiger partial charge in [0.1, 0.15) is 48.5 Å². The maximum Gasteiger partial charge on any atom is 0.337 e. The lowest BCUT2D eigenvalue weighted by Crippen LogP contribution is -2.60. The summed E-state index contributed by atoms with van der Waals surface area (Å²) >= 11 is 0. The first-order valence-corrected chi connectivity index (χ1v) is 15.2. The van der Waals surface area contributed by atoms with E-state index in [0.29, 0.717) is 6.42 Å². The molecule has 0 bridgehead atoms. The maximum atomic E-state index is 13.3. The number of phenolic OH excluding ortho intramolecular Hbond substituents is 1. The molecule has 2 saturated heterocycles. The highest BCUT2D eigenvalue weighted by atomic mass is 16.8. The van der Waals surface area contributed by atoms with Crippen molar-refractivity contribution in [2.24, 2.45) is 5.92 Å². The van der Waals surface area contributed by atoms with Crippen molar-refractivity contribution in [3.63, 3.8) is 0 Å². The van der Waals surface area contributed by atoms with Crippen molar-refractivity contribution >= 4 is 11.9 Å². The second-order valence-electron chi connectivity index (χ2n) is 11.4. The summed E-state index contributed by atoms with van der Waals surface area (Å²) in [4.78, 5) is 26.0. The number of rotatable bonds is 12. The van der Waals surface area contributed by atoms with E-state index < -0.39 is 105 Å². The van der Waals surface area contributed by atoms with Crippen LogP contribution in [0.15, 0.2) is 47.7 Å². The molecule has 17 heteroatoms. The first-order chi connectivity index (χ1) is 22.9. The second kappa shape index (κ2) is 17.0. The number of aliphatic hydroxyl groups excluding tert-OH is 7. The molecule has 0 saturated carbocycles. The molecule has 3 aliphatic heterocycles. The van der Waals surface area contributed by atoms with Crippen LogP contribution in [0, 0.1) is 5.92 Å². The normalized spacial score (nSPS) is 36.2. The highest BCUT2D eigenvalue weighted by Crippen LogP contribution is 2.37. The Kier molecular flexibility index (Phi) is 13.3. The fourth-order valence-electron chi connectivity index (χ4n) is 5.58. The SMILES string of the molecule is C/C=C1/[C@H](O[C@@H]2O[C@H](CO)[C@@H](O)[C@H](O)[C@H]2O)OC=C(C(=O)OC)[C@H]1CC(=O)O[C@H]1[C@H](O)[C@@H](O)[C@H](OCCc2ccc(O)cc2)O[C@@H]1CO. The summed E-state index contributed by atoms with van der Waals surface area (Å²) in [6.07, 6.45) is -14.8. The van der Waals surface area contributed by atoms with Crippen molar-refractivity contribution in [2.75, 3.05) is 26.9 Å². The van der Waals surface area contributed by atoms with Gasteiger partial charge in [-0.2, -0.15) is 0 Å². The number of carbonyl (C=O) groups excluding carboxylic acids is 2. The number of methoxy groups -OCH3 is 1. The third-order valence-electron chi connectivity index (χ3n) is 8.30. The van der Waals surface area contributed by atoms with E-state index in [-0.39, 0.29) is 23.5 Å². The van der Waals surface area contributed by atoms with E-state index in [1.165, 1.54) is 18.2 Å². The summed E-state index contributed by atoms with van der Waals surface area (Å²) < 4.78 is 38.2. The molecule has 3 aliphatic rings. The first kappa shape index (κ1) is 37.6. The lowest BCUT2D eigenvalue weighted by molar-refractivity contribution is -0.327. The Morgan fingerprint density at radius 2 is 1.52 bits per heavy atom. The fraction of sp³-hybridized carbons (Fsp3) is 0.613. The summed E-state index contributed by atoms with van der Waals surface area (Å²) in [5.74, 6) is -2.88. The van der Waals surface area contributed by atoms with Crippen LogP contribution in [0.4, 0.5) is 0 Å². The van der Waals surface area contributed by atoms with E-state index >= 15 is 0 Å². The number of allylic oxidation sites excluding steroid dienone is 1. The Morgan fingerprint density at radius 3 is 2.15 bits per heavy atom. The molecule has 0 amide bonds. The summed E-state index contributed by atoms with van der Waals surface area (Å²) in [5.41, 5.74) is 0.851. The smallest absolute Gasteiger partial charge is 0.337 e. The summed E-state index contributed by atoms with van der Waals surface area (Å²) in [5, 5.41) is 81.1. The van der Waals surface area contributed by atoms with Crippen LogP contribution < -0.4 is 0 Å². The van der Waals surface area contributed by atoms with Crippen LogP contribution in [0.3, 0.4) is 0 Å². The molecule has 1 aromatic carbocycles. The molecule has 17 nitrogen and oxygen atoms in total. The molecule has 268 valence electrons. The van der Waals surface area contributed by atoms with Gasteiger partial charge in [0, 0.05) is 11.5 Å². The van der Waals surface area contributed by atoms with E-state index in [0.717, 1.165) is 18.9 Å². The molecule has 2 fully saturated rings. The van der Waals surface area contributed by atoms with Gasteiger partial charge in [-0.05, 0) is 31.0 Å². The van der Waals surface area contributed by atoms with Gasteiger partial charge in [-0.1, -0.05) is 18.2 Å². The third-order valence-corrected chi connectivity index (χ3v) is 8.30. The number of aromatic hydroxyl groups is 1. The molecule has 1 aromatic rings. The van der Waals surface area contributed by atoms with Gasteiger partial charge in [-0.3, -0.25) is 4.79 Å². The Bertz CT molecular complexity index is 1280. The lowest BCUT2D eigenvalue weighted by atomic mass is 9.86. The van der Waals surface area contributed by atoms with Crippen LogP contribution in [-0.4, -0.2) is 147 Å². The average molecular weight is 687 g/mol. The topological polar surface area (TPSA) is 261 Å². The molecule has 12 atom stereocenters. The zero-order chi connectivity index (χ0) is 35.1. The molecular weight excluding hydrogens is 644 g/mol. The van der Waals surface area contributed by atoms with Crippen molar-refractivity contribution in [2.45, 2.75) is 87.5 Å². The minimum absolute atomic E-state index is 0.0483. The van der Waals surface area contributed by atoms with Crippen molar-refractivity contribution in [1.82, 2.24) is 0 Å². The predicted octanol–water partition coefficient (Wildman–Crippen LogP) is -2.52. The Labute approximate surface area is 275 Å². The monoisotopic (exact) mass is 686 g/mol. The Hall–Kier alpha value is -3.20. The van der Waals surface area contributed by atoms with Crippen LogP contribution in [-0.2, 0) is 49.2 Å². The summed E-state index contributed by atoms with van der Waals surface area (Å²) in [6, 6.07) is 6.37. The number of hydrogen-bond acceptors (Lipinski definition) is 17. The van der Waals surface area contributed by atoms with E-state index in [4.69, 9.17) is 33.2 Å². The zero-order valence-corrected chi connectivity index (χ0v) is 26.2. The van der Waals surface area contributed by atoms with Gasteiger partial charge in [0.15, 0.2) is 18.7 Å². The number of hydrogen-bond donors (Lipinski definition) is 8. The van der Waals surface area contributed by atoms with Gasteiger partial charge >= 0.3 is 11.9 Å². The van der Waals surface area contributed by atoms with Crippen LogP contribution in [0.25, 0.3) is 0 Å². The van der Waals surface area contributed by atoms with E-state index in [2.05, 4.69) is 0 Å². The van der Waals surface area contributed by atoms with E-state index in [1.54, 1.807) is 19.1 Å². The highest BCUT2D eigenvalue weighted by molar-refractivity contribution is 5.90. The molecule has 8 N–H and O–H groups in total. The third kappa shape index (κ3) is 8.50. The number of benzene rings is 1. The largest absolute Gasteiger partial charge is 0.508 e. The second-order valence-corrected chi connectivity index (χ2v) is 11.4. The number of esters is 2. The summed E-state index contributed by atoms with van der Waals surface area (Å²) in [6.45, 7) is 0.159. The van der Waals surface area contributed by atoms with Gasteiger partial charge in [0.25, 0.3) is 0 Å². The number of aliphatic hydroxyl groups is 7. The standard InChI is InChI=1S/C31H42O17/c1-3-16-17(18(28(41)42-2)13-44-29(16)48-31-25(39)23(37)22(36)19(11-32)45-31)10-21(35)47-27-20(12-33)46-30(26(40)24(27)38)43-9-8-14-4-6-15(34)7-5-14/h3-7,13,17,19-20,22-27,29-34,36-40H,8-12H2,1-2H3/b16-3+/t17-,19+,20+,22+,23-,24+,25+,26+,27+,29-,30+,31-/m0/s1. The maximum absolute atomic E-state index is 13.3. The summed E-state index contributed by atoms with van der Waals surface area (Å²) in [7, 11) is 1.11. The van der Waals surface area contributed by atoms with Crippen LogP contribution in [0.2, 0.25) is 0 Å². The molecule has 0 aromatic heterocycles. The van der Waals surface area contributed by atoms with Crippen LogP contribution in [0.5, 0.6) is 5.75 Å². The van der Waals surface area contributed by atoms with Gasteiger partial charge in [-0.15, -0.1) is 0 Å². The van der Waals surface area contributed by atoms with E-state index in [1.807, 2.05) is 0 Å². The minimum Gasteiger partial charge on any atom is -0.508 e. The van der Waals surface area contributed by atoms with Crippen molar-refractivity contribution in [1.29, 1.82) is 0 Å². The lowest BCUT2D eigenvalue weighted by Gasteiger charge is -2.42. The minimum atomic E-state index is -1.77. The molecule has 3 heterocycles. The quantitative estimate of drug-likeness (QED) is 0.0834. The predicted molar refractivity (Wildman–Crippen MR) is 157 cm³/mol. The van der Waals surface area contributed by atoms with Gasteiger partial charge in [0.2, 0.25) is 6.29 Å². The molecule has 0 unspecified atom stereocenters. The zero-order valence-electron chi connectivity index (χ0n) is 26.2. The average Bonchev–Trinajstić information content (AvgIpc) is 3.08. The Balaban J connectivity index is 1.43. The van der Waals surface area contributed by atoms with Gasteiger partial charge in [0.05, 0.1) is 45.2 Å². The fourth-order valence-corrected chi connectivity index (χ4v) is 5.58. The van der Waals surface area contributed by atoms with E-state index in [9.17, 15) is 50.4 Å². The van der Waals surface area contributed by atoms with Crippen molar-refractivity contribution in [3.8, 4) is 5.75 Å². The number of carbonyl (C=O) groups is 2. The van der Waals surface area contributed by atoms with Crippen molar-refractivity contribution < 1.29 is 83.6 Å². The van der Waals surface area contributed by atoms with Gasteiger partial charge < -0.3 is 74.0 Å². The van der Waals surface area contributed by atoms with Crippen molar-refractivity contribution in [3.05, 3.63) is 53.3 Å². The molecule has 0 spiro atoms. The molecule has 4 rings (SSSR count). The van der Waals surface area contributed by atoms with Crippen LogP contribution in [0.1, 0.15) is 18.9 Å². The van der Waals surface area contributed by atoms with Gasteiger partial charge in [-0.25, -0.2) is 4.79 Å². The number of ether oxygens (including phenoxy) is 7. The first-order valence-electron chi connectivity index (χ1n) is 15.2. The molecule has 48 heavy (non-hydrogen) atoms.